The van der Waals surface area contributed by atoms with Gasteiger partial charge in [-0.25, -0.2) is 8.42 Å². The molecule has 0 atom stereocenters. The zero-order valence-corrected chi connectivity index (χ0v) is 21.5. The molecule has 0 saturated heterocycles. The molecular formula is C27H31N3O5S. The molecule has 0 heterocycles. The average Bonchev–Trinajstić information content (AvgIpc) is 2.88. The lowest BCUT2D eigenvalue weighted by Gasteiger charge is -2.24. The molecule has 9 heteroatoms. The van der Waals surface area contributed by atoms with E-state index in [2.05, 4.69) is 10.6 Å². The highest BCUT2D eigenvalue weighted by molar-refractivity contribution is 7.92. The molecule has 0 bridgehead atoms. The van der Waals surface area contributed by atoms with Gasteiger partial charge in [-0.2, -0.15) is 0 Å². The van der Waals surface area contributed by atoms with Crippen LogP contribution in [0.3, 0.4) is 0 Å². The van der Waals surface area contributed by atoms with Crippen molar-refractivity contribution in [2.45, 2.75) is 31.6 Å². The van der Waals surface area contributed by atoms with Crippen molar-refractivity contribution in [3.05, 3.63) is 83.9 Å². The number of sulfonamides is 1. The molecule has 0 aliphatic carbocycles. The summed E-state index contributed by atoms with van der Waals surface area (Å²) >= 11 is 0. The van der Waals surface area contributed by atoms with E-state index in [1.54, 1.807) is 60.7 Å². The monoisotopic (exact) mass is 509 g/mol. The first kappa shape index (κ1) is 26.7. The quantitative estimate of drug-likeness (QED) is 0.374. The number of unbranched alkanes of at least 4 members (excludes halogenated alkanes) is 1. The minimum Gasteiger partial charge on any atom is -0.497 e. The predicted octanol–water partition coefficient (Wildman–Crippen LogP) is 4.37. The first-order valence-corrected chi connectivity index (χ1v) is 13.1. The molecule has 3 aromatic carbocycles. The Kier molecular flexibility index (Phi) is 9.08. The maximum Gasteiger partial charge on any atom is 0.264 e. The van der Waals surface area contributed by atoms with Crippen molar-refractivity contribution in [1.29, 1.82) is 0 Å². The summed E-state index contributed by atoms with van der Waals surface area (Å²) in [6.45, 7) is 3.96. The fourth-order valence-electron chi connectivity index (χ4n) is 3.49. The minimum absolute atomic E-state index is 0.0207. The Labute approximate surface area is 212 Å². The number of nitrogens with zero attached hydrogens (tertiary/aromatic N) is 1. The van der Waals surface area contributed by atoms with Crippen molar-refractivity contribution in [1.82, 2.24) is 5.32 Å². The number of anilines is 2. The van der Waals surface area contributed by atoms with Crippen molar-refractivity contribution < 1.29 is 22.7 Å². The van der Waals surface area contributed by atoms with Crippen LogP contribution in [0.4, 0.5) is 11.4 Å². The van der Waals surface area contributed by atoms with E-state index < -0.39 is 22.5 Å². The number of nitrogens with one attached hydrogen (secondary N) is 2. The highest BCUT2D eigenvalue weighted by atomic mass is 32.2. The van der Waals surface area contributed by atoms with E-state index >= 15 is 0 Å². The van der Waals surface area contributed by atoms with Crippen molar-refractivity contribution in [2.24, 2.45) is 0 Å². The fourth-order valence-corrected chi connectivity index (χ4v) is 4.91. The maximum atomic E-state index is 13.6. The number of benzene rings is 3. The SMILES string of the molecule is CCCCNC(=O)c1ccccc1NC(=O)CN(c1ccc(C)cc1)S(=O)(=O)c1ccc(OC)cc1. The van der Waals surface area contributed by atoms with E-state index in [-0.39, 0.29) is 10.8 Å². The van der Waals surface area contributed by atoms with Gasteiger partial charge in [0, 0.05) is 6.54 Å². The summed E-state index contributed by atoms with van der Waals surface area (Å²) < 4.78 is 33.3. The van der Waals surface area contributed by atoms with E-state index in [9.17, 15) is 18.0 Å². The smallest absolute Gasteiger partial charge is 0.264 e. The largest absolute Gasteiger partial charge is 0.497 e. The Morgan fingerprint density at radius 3 is 2.25 bits per heavy atom. The molecule has 2 amide bonds. The second-order valence-corrected chi connectivity index (χ2v) is 10.1. The lowest BCUT2D eigenvalue weighted by molar-refractivity contribution is -0.114. The summed E-state index contributed by atoms with van der Waals surface area (Å²) in [5.41, 5.74) is 1.91. The molecule has 0 unspecified atom stereocenters. The zero-order chi connectivity index (χ0) is 26.1. The first-order chi connectivity index (χ1) is 17.3. The Hall–Kier alpha value is -3.85. The Bertz CT molecular complexity index is 1290. The summed E-state index contributed by atoms with van der Waals surface area (Å²) in [4.78, 5) is 25.7. The van der Waals surface area contributed by atoms with Gasteiger partial charge in [0.1, 0.15) is 12.3 Å². The van der Waals surface area contributed by atoms with Gasteiger partial charge < -0.3 is 15.4 Å². The summed E-state index contributed by atoms with van der Waals surface area (Å²) in [6.07, 6.45) is 1.78. The van der Waals surface area contributed by atoms with E-state index in [1.165, 1.54) is 19.2 Å². The molecule has 0 aromatic heterocycles. The standard InChI is InChI=1S/C27H31N3O5S/c1-4-5-18-28-27(32)24-8-6-7-9-25(24)29-26(31)19-30(21-12-10-20(2)11-13-21)36(33,34)23-16-14-22(35-3)15-17-23/h6-17H,4-5,18-19H2,1-3H3,(H,28,32)(H,29,31). The minimum atomic E-state index is -4.08. The van der Waals surface area contributed by atoms with Crippen LogP contribution in [-0.4, -0.2) is 40.4 Å². The van der Waals surface area contributed by atoms with Crippen LogP contribution < -0.4 is 19.7 Å². The van der Waals surface area contributed by atoms with Gasteiger partial charge in [-0.1, -0.05) is 43.2 Å². The fraction of sp³-hybridized carbons (Fsp3) is 0.259. The van der Waals surface area contributed by atoms with Crippen LogP contribution in [0.25, 0.3) is 0 Å². The van der Waals surface area contributed by atoms with Gasteiger partial charge in [0.15, 0.2) is 0 Å². The summed E-state index contributed by atoms with van der Waals surface area (Å²) in [5, 5.41) is 5.54. The van der Waals surface area contributed by atoms with Crippen molar-refractivity contribution >= 4 is 33.2 Å². The third kappa shape index (κ3) is 6.63. The normalized spacial score (nSPS) is 11.0. The molecule has 0 spiro atoms. The second-order valence-electron chi connectivity index (χ2n) is 8.23. The number of hydrogen-bond donors (Lipinski definition) is 2. The second kappa shape index (κ2) is 12.2. The van der Waals surface area contributed by atoms with Crippen molar-refractivity contribution in [2.75, 3.05) is 29.8 Å². The molecule has 2 N–H and O–H groups in total. The summed E-state index contributed by atoms with van der Waals surface area (Å²) in [5.74, 6) is -0.371. The van der Waals surface area contributed by atoms with Gasteiger partial charge in [-0.15, -0.1) is 0 Å². The number of ether oxygens (including phenoxy) is 1. The van der Waals surface area contributed by atoms with Crippen LogP contribution in [0.1, 0.15) is 35.7 Å². The number of carbonyl (C=O) groups excluding carboxylic acids is 2. The van der Waals surface area contributed by atoms with E-state index in [0.29, 0.717) is 29.2 Å². The van der Waals surface area contributed by atoms with Crippen LogP contribution in [0.2, 0.25) is 0 Å². The van der Waals surface area contributed by atoms with E-state index in [1.807, 2.05) is 13.8 Å². The number of para-hydroxylation sites is 1. The predicted molar refractivity (Wildman–Crippen MR) is 141 cm³/mol. The van der Waals surface area contributed by atoms with Gasteiger partial charge in [-0.3, -0.25) is 13.9 Å². The van der Waals surface area contributed by atoms with Crippen molar-refractivity contribution in [3.63, 3.8) is 0 Å². The van der Waals surface area contributed by atoms with Crippen LogP contribution in [0.15, 0.2) is 77.7 Å². The molecule has 36 heavy (non-hydrogen) atoms. The highest BCUT2D eigenvalue weighted by Gasteiger charge is 2.28. The van der Waals surface area contributed by atoms with Gasteiger partial charge >= 0.3 is 0 Å². The summed E-state index contributed by atoms with van der Waals surface area (Å²) in [7, 11) is -2.59. The molecular weight excluding hydrogens is 478 g/mol. The molecule has 3 aromatic rings. The lowest BCUT2D eigenvalue weighted by atomic mass is 10.1. The third-order valence-corrected chi connectivity index (χ3v) is 7.31. The van der Waals surface area contributed by atoms with Crippen LogP contribution in [-0.2, 0) is 14.8 Å². The zero-order valence-electron chi connectivity index (χ0n) is 20.7. The van der Waals surface area contributed by atoms with E-state index in [4.69, 9.17) is 4.74 Å². The number of hydrogen-bond acceptors (Lipinski definition) is 5. The lowest BCUT2D eigenvalue weighted by Crippen LogP contribution is -2.38. The topological polar surface area (TPSA) is 105 Å². The molecule has 0 aliphatic rings. The van der Waals surface area contributed by atoms with Crippen molar-refractivity contribution in [3.8, 4) is 5.75 Å². The molecule has 190 valence electrons. The number of rotatable bonds is 11. The number of aryl methyl sites for hydroxylation is 1. The van der Waals surface area contributed by atoms with Gasteiger partial charge in [0.25, 0.3) is 15.9 Å². The number of methoxy groups -OCH3 is 1. The van der Waals surface area contributed by atoms with Gasteiger partial charge in [-0.05, 0) is 61.9 Å². The Morgan fingerprint density at radius 2 is 1.61 bits per heavy atom. The molecule has 0 radical (unpaired) electrons. The van der Waals surface area contributed by atoms with Crippen LogP contribution in [0.5, 0.6) is 5.75 Å². The van der Waals surface area contributed by atoms with Gasteiger partial charge in [0.2, 0.25) is 5.91 Å². The maximum absolute atomic E-state index is 13.6. The molecule has 0 saturated carbocycles. The summed E-state index contributed by atoms with van der Waals surface area (Å²) in [6, 6.07) is 19.5. The Balaban J connectivity index is 1.88. The van der Waals surface area contributed by atoms with Crippen LogP contribution >= 0.6 is 0 Å². The highest BCUT2D eigenvalue weighted by Crippen LogP contribution is 2.26. The van der Waals surface area contributed by atoms with Gasteiger partial charge in [0.05, 0.1) is 28.9 Å². The van der Waals surface area contributed by atoms with E-state index in [0.717, 1.165) is 22.7 Å². The number of carbonyl (C=O) groups is 2. The Morgan fingerprint density at radius 1 is 0.944 bits per heavy atom. The molecule has 0 aliphatic heterocycles. The molecule has 3 rings (SSSR count). The average molecular weight is 510 g/mol. The third-order valence-electron chi connectivity index (χ3n) is 5.52. The van der Waals surface area contributed by atoms with Crippen LogP contribution in [0, 0.1) is 6.92 Å². The first-order valence-electron chi connectivity index (χ1n) is 11.7. The molecule has 8 nitrogen and oxygen atoms in total. The number of amides is 2. The molecule has 0 fully saturated rings.